The number of nitrogens with zero attached hydrogens (tertiary/aromatic N) is 2. The Hall–Kier alpha value is -3.16. The number of non-ortho nitro benzene ring substituents is 1. The van der Waals surface area contributed by atoms with E-state index in [0.29, 0.717) is 5.39 Å². The molecule has 0 saturated carbocycles. The molecular formula is C14H8N2O6. The Labute approximate surface area is 122 Å². The van der Waals surface area contributed by atoms with Crippen LogP contribution in [0, 0.1) is 20.2 Å². The van der Waals surface area contributed by atoms with Crippen LogP contribution < -0.4 is 0 Å². The predicted molar refractivity (Wildman–Crippen MR) is 74.4 cm³/mol. The molecule has 110 valence electrons. The van der Waals surface area contributed by atoms with Gasteiger partial charge in [-0.1, -0.05) is 24.3 Å². The zero-order valence-corrected chi connectivity index (χ0v) is 11.0. The summed E-state index contributed by atoms with van der Waals surface area (Å²) in [5.41, 5.74) is -0.0319. The van der Waals surface area contributed by atoms with Gasteiger partial charge in [-0.05, 0) is 10.9 Å². The van der Waals surface area contributed by atoms with Gasteiger partial charge < -0.3 is 0 Å². The van der Waals surface area contributed by atoms with Crippen LogP contribution in [0.3, 0.4) is 0 Å². The van der Waals surface area contributed by atoms with Crippen LogP contribution in [0.25, 0.3) is 10.8 Å². The van der Waals surface area contributed by atoms with Crippen LogP contribution >= 0.6 is 0 Å². The fourth-order valence-corrected chi connectivity index (χ4v) is 2.78. The molecule has 0 aromatic heterocycles. The number of hydrogen-bond donors (Lipinski definition) is 0. The van der Waals surface area contributed by atoms with Crippen LogP contribution in [-0.2, 0) is 11.2 Å². The third kappa shape index (κ3) is 1.85. The third-order valence-corrected chi connectivity index (χ3v) is 3.71. The van der Waals surface area contributed by atoms with Gasteiger partial charge in [-0.25, -0.2) is 0 Å². The Morgan fingerprint density at radius 3 is 2.41 bits per heavy atom. The van der Waals surface area contributed by atoms with E-state index in [1.165, 1.54) is 24.3 Å². The molecule has 1 aliphatic rings. The molecule has 1 atom stereocenters. The number of rotatable bonds is 2. The summed E-state index contributed by atoms with van der Waals surface area (Å²) in [6.07, 6.45) is -0.366. The minimum absolute atomic E-state index is 0.00287. The van der Waals surface area contributed by atoms with Crippen molar-refractivity contribution in [2.24, 2.45) is 0 Å². The van der Waals surface area contributed by atoms with Crippen molar-refractivity contribution in [2.75, 3.05) is 0 Å². The van der Waals surface area contributed by atoms with Gasteiger partial charge in [-0.15, -0.1) is 0 Å². The SMILES string of the molecule is O=C1Cc2c(ccc3cccc([N+](=O)[O-])c23)C(=O)C1[N+](=O)[O-]. The molecule has 22 heavy (non-hydrogen) atoms. The fraction of sp³-hybridized carbons (Fsp3) is 0.143. The van der Waals surface area contributed by atoms with Crippen molar-refractivity contribution in [3.8, 4) is 0 Å². The molecule has 2 aromatic carbocycles. The van der Waals surface area contributed by atoms with Crippen molar-refractivity contribution < 1.29 is 19.4 Å². The number of carbonyl (C=O) groups is 2. The minimum Gasteiger partial charge on any atom is -0.291 e. The lowest BCUT2D eigenvalue weighted by atomic mass is 9.83. The summed E-state index contributed by atoms with van der Waals surface area (Å²) in [6, 6.07) is 5.35. The van der Waals surface area contributed by atoms with Crippen molar-refractivity contribution in [3.05, 3.63) is 61.7 Å². The van der Waals surface area contributed by atoms with Crippen LogP contribution in [0.5, 0.6) is 0 Å². The highest BCUT2D eigenvalue weighted by molar-refractivity contribution is 6.20. The second-order valence-electron chi connectivity index (χ2n) is 4.92. The molecule has 0 amide bonds. The van der Waals surface area contributed by atoms with Gasteiger partial charge in [-0.2, -0.15) is 0 Å². The van der Waals surface area contributed by atoms with Crippen LogP contribution in [0.2, 0.25) is 0 Å². The zero-order valence-electron chi connectivity index (χ0n) is 11.0. The van der Waals surface area contributed by atoms with E-state index in [1.807, 2.05) is 0 Å². The van der Waals surface area contributed by atoms with Crippen molar-refractivity contribution in [2.45, 2.75) is 12.5 Å². The summed E-state index contributed by atoms with van der Waals surface area (Å²) in [5.74, 6) is -1.77. The maximum atomic E-state index is 12.2. The maximum Gasteiger partial charge on any atom is 0.332 e. The first kappa shape index (κ1) is 13.8. The molecule has 8 nitrogen and oxygen atoms in total. The van der Waals surface area contributed by atoms with E-state index in [1.54, 1.807) is 6.07 Å². The number of hydrogen-bond acceptors (Lipinski definition) is 6. The average Bonchev–Trinajstić information content (AvgIpc) is 2.45. The van der Waals surface area contributed by atoms with Crippen molar-refractivity contribution in [1.29, 1.82) is 0 Å². The first-order chi connectivity index (χ1) is 10.4. The molecule has 0 saturated heterocycles. The number of carbonyl (C=O) groups excluding carboxylic acids is 2. The smallest absolute Gasteiger partial charge is 0.291 e. The summed E-state index contributed by atoms with van der Waals surface area (Å²) >= 11 is 0. The molecular weight excluding hydrogens is 292 g/mol. The van der Waals surface area contributed by atoms with Gasteiger partial charge in [-0.3, -0.25) is 29.8 Å². The van der Waals surface area contributed by atoms with Crippen molar-refractivity contribution in [1.82, 2.24) is 0 Å². The van der Waals surface area contributed by atoms with Crippen LogP contribution in [-0.4, -0.2) is 27.5 Å². The molecule has 1 aliphatic carbocycles. The van der Waals surface area contributed by atoms with Gasteiger partial charge in [0.2, 0.25) is 11.6 Å². The quantitative estimate of drug-likeness (QED) is 0.473. The lowest BCUT2D eigenvalue weighted by Crippen LogP contribution is -2.42. The topological polar surface area (TPSA) is 120 Å². The molecule has 1 unspecified atom stereocenters. The molecule has 8 heteroatoms. The lowest BCUT2D eigenvalue weighted by Gasteiger charge is -2.18. The second kappa shape index (κ2) is 4.69. The van der Waals surface area contributed by atoms with Gasteiger partial charge in [0, 0.05) is 23.0 Å². The summed E-state index contributed by atoms with van der Waals surface area (Å²) in [4.78, 5) is 44.6. The van der Waals surface area contributed by atoms with E-state index in [4.69, 9.17) is 0 Å². The van der Waals surface area contributed by atoms with Gasteiger partial charge in [0.15, 0.2) is 0 Å². The standard InChI is InChI=1S/C14H8N2O6/c17-11-6-9-8(14(18)13(11)16(21)22)5-4-7-2-1-3-10(12(7)9)15(19)20/h1-5,13H,6H2. The Morgan fingerprint density at radius 2 is 1.77 bits per heavy atom. The Kier molecular flexibility index (Phi) is 2.94. The molecule has 2 aromatic rings. The lowest BCUT2D eigenvalue weighted by molar-refractivity contribution is -0.491. The molecule has 3 rings (SSSR count). The van der Waals surface area contributed by atoms with Gasteiger partial charge >= 0.3 is 6.04 Å². The summed E-state index contributed by atoms with van der Waals surface area (Å²) < 4.78 is 0. The monoisotopic (exact) mass is 300 g/mol. The molecule has 0 radical (unpaired) electrons. The van der Waals surface area contributed by atoms with Crippen LogP contribution in [0.1, 0.15) is 15.9 Å². The number of nitro groups is 2. The summed E-state index contributed by atoms with van der Waals surface area (Å²) in [5, 5.41) is 22.7. The highest BCUT2D eigenvalue weighted by Gasteiger charge is 2.44. The average molecular weight is 300 g/mol. The number of fused-ring (bicyclic) bond motifs is 3. The van der Waals surface area contributed by atoms with Gasteiger partial charge in [0.25, 0.3) is 5.69 Å². The minimum atomic E-state index is -1.92. The number of nitro benzene ring substituents is 1. The fourth-order valence-electron chi connectivity index (χ4n) is 2.78. The zero-order chi connectivity index (χ0) is 16.0. The van der Waals surface area contributed by atoms with Gasteiger partial charge in [0.1, 0.15) is 0 Å². The molecule has 0 aliphatic heterocycles. The highest BCUT2D eigenvalue weighted by Crippen LogP contribution is 2.34. The van der Waals surface area contributed by atoms with E-state index >= 15 is 0 Å². The van der Waals surface area contributed by atoms with Crippen LogP contribution in [0.15, 0.2) is 30.3 Å². The van der Waals surface area contributed by atoms with E-state index in [9.17, 15) is 29.8 Å². The van der Waals surface area contributed by atoms with E-state index in [2.05, 4.69) is 0 Å². The molecule has 0 N–H and O–H groups in total. The van der Waals surface area contributed by atoms with E-state index in [0.717, 1.165) is 0 Å². The number of ketones is 2. The Morgan fingerprint density at radius 1 is 1.05 bits per heavy atom. The Bertz CT molecular complexity index is 873. The molecule has 0 spiro atoms. The first-order valence-electron chi connectivity index (χ1n) is 6.31. The highest BCUT2D eigenvalue weighted by atomic mass is 16.6. The molecule has 0 bridgehead atoms. The summed E-state index contributed by atoms with van der Waals surface area (Å²) in [6.45, 7) is 0. The van der Waals surface area contributed by atoms with Crippen molar-refractivity contribution in [3.63, 3.8) is 0 Å². The van der Waals surface area contributed by atoms with E-state index < -0.39 is 27.5 Å². The summed E-state index contributed by atoms with van der Waals surface area (Å²) in [7, 11) is 0. The number of Topliss-reactive ketones (excluding diaryl/α,β-unsaturated/α-hetero) is 2. The molecule has 0 fully saturated rings. The largest absolute Gasteiger partial charge is 0.332 e. The number of benzene rings is 2. The molecule has 0 heterocycles. The normalized spacial score (nSPS) is 17.4. The third-order valence-electron chi connectivity index (χ3n) is 3.71. The van der Waals surface area contributed by atoms with Gasteiger partial charge in [0.05, 0.1) is 10.3 Å². The first-order valence-corrected chi connectivity index (χ1v) is 6.31. The van der Waals surface area contributed by atoms with E-state index in [-0.39, 0.29) is 28.6 Å². The van der Waals surface area contributed by atoms with Crippen molar-refractivity contribution >= 4 is 28.0 Å². The second-order valence-corrected chi connectivity index (χ2v) is 4.92. The Balaban J connectivity index is 2.35. The van der Waals surface area contributed by atoms with Crippen LogP contribution in [0.4, 0.5) is 5.69 Å². The predicted octanol–water partition coefficient (Wildman–Crippen LogP) is 1.70. The maximum absolute atomic E-state index is 12.2.